The number of hydrogen-bond donors (Lipinski definition) is 0. The fraction of sp³-hybridized carbons (Fsp3) is 0.571. The molecule has 0 aliphatic rings. The molecule has 1 unspecified atom stereocenters. The van der Waals surface area contributed by atoms with E-state index >= 15 is 0 Å². The number of hydrogen-bond acceptors (Lipinski definition) is 0. The van der Waals surface area contributed by atoms with E-state index in [1.807, 2.05) is 0 Å². The largest absolute Gasteiger partial charge is 0.228 e. The highest BCUT2D eigenvalue weighted by molar-refractivity contribution is 6.80. The maximum atomic E-state index is 12.2. The van der Waals surface area contributed by atoms with Gasteiger partial charge in [-0.05, 0) is 23.1 Å². The zero-order valence-corrected chi connectivity index (χ0v) is 19.1. The molecule has 0 bridgehead atoms. The van der Waals surface area contributed by atoms with Gasteiger partial charge < -0.3 is 0 Å². The van der Waals surface area contributed by atoms with E-state index in [-0.39, 0.29) is 11.5 Å². The van der Waals surface area contributed by atoms with Crippen LogP contribution in [0.1, 0.15) is 31.1 Å². The molecule has 0 N–H and O–H groups in total. The minimum atomic E-state index is -2.37. The highest BCUT2D eigenvalue weighted by Crippen LogP contribution is 2.65. The Labute approximate surface area is 186 Å². The minimum absolute atomic E-state index is 0.154. The monoisotopic (exact) mass is 511 g/mol. The molecular formula is C14H12Cl9O. The summed E-state index contributed by atoms with van der Waals surface area (Å²) in [6.45, 7) is 3.58. The highest BCUT2D eigenvalue weighted by atomic mass is 35.6. The molecule has 0 saturated heterocycles. The Bertz CT molecular complexity index is 578. The van der Waals surface area contributed by atoms with E-state index in [4.69, 9.17) is 104 Å². The van der Waals surface area contributed by atoms with Crippen LogP contribution >= 0.6 is 104 Å². The van der Waals surface area contributed by atoms with E-state index < -0.39 is 22.9 Å². The first-order valence-electron chi connectivity index (χ1n) is 6.53. The van der Waals surface area contributed by atoms with Crippen LogP contribution in [0.25, 0.3) is 0 Å². The molecule has 0 aliphatic heterocycles. The lowest BCUT2D eigenvalue weighted by Crippen LogP contribution is -2.54. The average Bonchev–Trinajstić information content (AvgIpc) is 2.44. The van der Waals surface area contributed by atoms with E-state index in [1.54, 1.807) is 26.0 Å². The molecule has 0 spiro atoms. The van der Waals surface area contributed by atoms with E-state index in [1.165, 1.54) is 12.1 Å². The Morgan fingerprint density at radius 2 is 1.33 bits per heavy atom. The van der Waals surface area contributed by atoms with Crippen LogP contribution in [-0.4, -0.2) is 12.5 Å². The van der Waals surface area contributed by atoms with Crippen LogP contribution in [0.3, 0.4) is 0 Å². The molecule has 0 heterocycles. The van der Waals surface area contributed by atoms with Gasteiger partial charge in [0.2, 0.25) is 8.13 Å². The van der Waals surface area contributed by atoms with Gasteiger partial charge in [0.1, 0.15) is 6.10 Å². The van der Waals surface area contributed by atoms with E-state index in [2.05, 4.69) is 0 Å². The molecule has 24 heavy (non-hydrogen) atoms. The second-order valence-corrected chi connectivity index (χ2v) is 11.8. The third-order valence-corrected chi connectivity index (χ3v) is 8.80. The minimum Gasteiger partial charge on any atom is -0.228 e. The van der Waals surface area contributed by atoms with E-state index in [0.29, 0.717) is 5.56 Å². The van der Waals surface area contributed by atoms with Gasteiger partial charge in [-0.1, -0.05) is 136 Å². The quantitative estimate of drug-likeness (QED) is 0.353. The molecule has 1 nitrogen and oxygen atoms in total. The second-order valence-electron chi connectivity index (χ2n) is 5.51. The number of alkyl halides is 9. The Balaban J connectivity index is 3.41. The molecule has 0 amide bonds. The summed E-state index contributed by atoms with van der Waals surface area (Å²) in [6, 6.07) is 6.21. The normalized spacial score (nSPS) is 15.7. The molecule has 0 aromatic heterocycles. The van der Waals surface area contributed by atoms with Gasteiger partial charge in [-0.25, -0.2) is 5.11 Å². The van der Waals surface area contributed by atoms with Crippen LogP contribution < -0.4 is 0 Å². The Hall–Kier alpha value is 1.79. The van der Waals surface area contributed by atoms with Crippen LogP contribution in [0, 0.1) is 5.92 Å². The molecule has 0 saturated carbocycles. The first-order valence-corrected chi connectivity index (χ1v) is 9.94. The van der Waals surface area contributed by atoms with Crippen molar-refractivity contribution in [1.82, 2.24) is 0 Å². The van der Waals surface area contributed by atoms with Gasteiger partial charge in [0, 0.05) is 0 Å². The molecular weight excluding hydrogens is 503 g/mol. The zero-order valence-electron chi connectivity index (χ0n) is 12.3. The van der Waals surface area contributed by atoms with Gasteiger partial charge in [0.15, 0.2) is 8.67 Å². The number of rotatable bonds is 5. The molecule has 0 fully saturated rings. The summed E-state index contributed by atoms with van der Waals surface area (Å²) in [5, 5.41) is 12.2. The predicted molar refractivity (Wildman–Crippen MR) is 107 cm³/mol. The van der Waals surface area contributed by atoms with Gasteiger partial charge in [0.25, 0.3) is 0 Å². The lowest BCUT2D eigenvalue weighted by atomic mass is 9.95. The molecule has 1 atom stereocenters. The predicted octanol–water partition coefficient (Wildman–Crippen LogP) is 8.16. The van der Waals surface area contributed by atoms with Crippen LogP contribution in [0.15, 0.2) is 24.3 Å². The van der Waals surface area contributed by atoms with Gasteiger partial charge in [-0.2, -0.15) is 0 Å². The van der Waals surface area contributed by atoms with E-state index in [0.717, 1.165) is 0 Å². The Kier molecular flexibility index (Phi) is 7.98. The topological polar surface area (TPSA) is 19.9 Å². The summed E-state index contributed by atoms with van der Waals surface area (Å²) >= 11 is 54.6. The first-order chi connectivity index (χ1) is 10.6. The molecule has 10 heteroatoms. The average molecular weight is 515 g/mol. The third kappa shape index (κ3) is 4.43. The lowest BCUT2D eigenvalue weighted by molar-refractivity contribution is 0.0487. The molecule has 1 aromatic carbocycles. The third-order valence-electron chi connectivity index (χ3n) is 3.33. The lowest BCUT2D eigenvalue weighted by Gasteiger charge is -2.44. The number of benzene rings is 1. The first kappa shape index (κ1) is 23.8. The fourth-order valence-electron chi connectivity index (χ4n) is 1.85. The van der Waals surface area contributed by atoms with Crippen molar-refractivity contribution in [3.63, 3.8) is 0 Å². The zero-order chi connectivity index (χ0) is 19.1. The Morgan fingerprint density at radius 3 is 1.75 bits per heavy atom. The summed E-state index contributed by atoms with van der Waals surface area (Å²) in [7, 11) is 0. The van der Waals surface area contributed by atoms with Gasteiger partial charge in [-0.3, -0.25) is 0 Å². The fourth-order valence-corrected chi connectivity index (χ4v) is 4.06. The highest BCUT2D eigenvalue weighted by Gasteiger charge is 2.68. The van der Waals surface area contributed by atoms with E-state index in [9.17, 15) is 5.11 Å². The van der Waals surface area contributed by atoms with Crippen molar-refractivity contribution < 1.29 is 5.11 Å². The molecule has 1 rings (SSSR count). The smallest absolute Gasteiger partial charge is 0.226 e. The summed E-state index contributed by atoms with van der Waals surface area (Å²) in [5.41, 5.74) is 0.635. The van der Waals surface area contributed by atoms with Gasteiger partial charge in [0.05, 0.1) is 0 Å². The maximum Gasteiger partial charge on any atom is 0.226 e. The SMILES string of the molecule is CC(C)C([O])c1cccc(C(Cl)(Cl)C(Cl)(Cl)C(Cl)(Cl)C(Cl)(Cl)Cl)c1. The van der Waals surface area contributed by atoms with Gasteiger partial charge in [-0.15, -0.1) is 0 Å². The summed E-state index contributed by atoms with van der Waals surface area (Å²) in [5.74, 6) is -0.154. The van der Waals surface area contributed by atoms with Crippen LogP contribution in [-0.2, 0) is 9.44 Å². The van der Waals surface area contributed by atoms with Crippen LogP contribution in [0.4, 0.5) is 0 Å². The van der Waals surface area contributed by atoms with Crippen LogP contribution in [0.5, 0.6) is 0 Å². The standard InChI is InChI=1S/C14H12Cl9O/c1-7(2)10(24)8-4-3-5-9(6-8)11(15,16)12(17,18)13(19,20)14(21,22)23/h3-7,10H,1-2H3. The molecule has 1 radical (unpaired) electrons. The van der Waals surface area contributed by atoms with Crippen molar-refractivity contribution >= 4 is 104 Å². The van der Waals surface area contributed by atoms with Crippen molar-refractivity contribution in [2.24, 2.45) is 5.92 Å². The molecule has 1 aromatic rings. The second kappa shape index (κ2) is 8.03. The summed E-state index contributed by atoms with van der Waals surface area (Å²) < 4.78 is -9.10. The molecule has 0 aliphatic carbocycles. The van der Waals surface area contributed by atoms with Crippen molar-refractivity contribution in [3.05, 3.63) is 35.4 Å². The van der Waals surface area contributed by atoms with Gasteiger partial charge >= 0.3 is 0 Å². The van der Waals surface area contributed by atoms with Crippen molar-refractivity contribution in [1.29, 1.82) is 0 Å². The Morgan fingerprint density at radius 1 is 0.833 bits per heavy atom. The summed E-state index contributed by atoms with van der Waals surface area (Å²) in [4.78, 5) is 0. The number of halogens is 9. The van der Waals surface area contributed by atoms with Crippen LogP contribution in [0.2, 0.25) is 0 Å². The van der Waals surface area contributed by atoms with Crippen molar-refractivity contribution in [2.45, 2.75) is 36.7 Å². The van der Waals surface area contributed by atoms with Crippen molar-refractivity contribution in [3.8, 4) is 0 Å². The molecule has 137 valence electrons. The summed E-state index contributed by atoms with van der Waals surface area (Å²) in [6.07, 6.45) is -1.00. The van der Waals surface area contributed by atoms with Crippen molar-refractivity contribution in [2.75, 3.05) is 0 Å². The maximum absolute atomic E-state index is 12.2.